The highest BCUT2D eigenvalue weighted by atomic mass is 19.4. The molecule has 1 aromatic heterocycles. The van der Waals surface area contributed by atoms with Crippen LogP contribution in [0.3, 0.4) is 0 Å². The highest BCUT2D eigenvalue weighted by Crippen LogP contribution is 2.40. The van der Waals surface area contributed by atoms with Crippen molar-refractivity contribution in [3.63, 3.8) is 0 Å². The molecular weight excluding hydrogens is 393 g/mol. The fourth-order valence-electron chi connectivity index (χ4n) is 3.83. The number of rotatable bonds is 5. The second-order valence-electron chi connectivity index (χ2n) is 7.44. The number of ether oxygens (including phenoxy) is 1. The molecule has 1 atom stereocenters. The van der Waals surface area contributed by atoms with Gasteiger partial charge in [-0.15, -0.1) is 5.10 Å². The van der Waals surface area contributed by atoms with Crippen LogP contribution in [-0.4, -0.2) is 34.2 Å². The van der Waals surface area contributed by atoms with Gasteiger partial charge in [0.1, 0.15) is 0 Å². The van der Waals surface area contributed by atoms with Gasteiger partial charge >= 0.3 is 6.18 Å². The number of hydrogen-bond acceptors (Lipinski definition) is 4. The van der Waals surface area contributed by atoms with E-state index in [-0.39, 0.29) is 12.7 Å². The Morgan fingerprint density at radius 2 is 2.00 bits per heavy atom. The van der Waals surface area contributed by atoms with Crippen LogP contribution in [0.2, 0.25) is 0 Å². The number of piperidine rings is 1. The normalized spacial score (nSPS) is 17.3. The van der Waals surface area contributed by atoms with Crippen LogP contribution in [0.1, 0.15) is 24.0 Å². The van der Waals surface area contributed by atoms with Gasteiger partial charge in [-0.05, 0) is 48.2 Å². The van der Waals surface area contributed by atoms with Crippen LogP contribution in [0.25, 0.3) is 22.4 Å². The fraction of sp³-hybridized carbons (Fsp3) is 0.364. The standard InChI is InChI=1S/C22H23F3N4O/c1-29-20(13-27-28-29)19-11-17(22(23,24)25)10-16(14-30-18-8-5-9-26-12-18)21(19)15-6-3-2-4-7-15/h2-4,6-7,10-11,13,18,26H,5,8-9,12,14H2,1H3. The van der Waals surface area contributed by atoms with Crippen molar-refractivity contribution in [1.82, 2.24) is 20.3 Å². The molecule has 30 heavy (non-hydrogen) atoms. The highest BCUT2D eigenvalue weighted by molar-refractivity contribution is 5.85. The van der Waals surface area contributed by atoms with Gasteiger partial charge in [0, 0.05) is 19.2 Å². The van der Waals surface area contributed by atoms with E-state index < -0.39 is 11.7 Å². The molecule has 1 aliphatic heterocycles. The second-order valence-corrected chi connectivity index (χ2v) is 7.44. The van der Waals surface area contributed by atoms with Gasteiger partial charge in [-0.25, -0.2) is 4.68 Å². The summed E-state index contributed by atoms with van der Waals surface area (Å²) < 4.78 is 48.7. The molecule has 0 spiro atoms. The smallest absolute Gasteiger partial charge is 0.372 e. The third-order valence-electron chi connectivity index (χ3n) is 5.33. The average molecular weight is 416 g/mol. The zero-order chi connectivity index (χ0) is 21.1. The number of aryl methyl sites for hydroxylation is 1. The average Bonchev–Trinajstić information content (AvgIpc) is 3.18. The summed E-state index contributed by atoms with van der Waals surface area (Å²) in [6.07, 6.45) is -1.12. The number of nitrogens with zero attached hydrogens (tertiary/aromatic N) is 3. The van der Waals surface area contributed by atoms with Crippen molar-refractivity contribution in [1.29, 1.82) is 0 Å². The van der Waals surface area contributed by atoms with Crippen molar-refractivity contribution in [2.45, 2.75) is 31.7 Å². The van der Waals surface area contributed by atoms with Gasteiger partial charge in [0.15, 0.2) is 0 Å². The quantitative estimate of drug-likeness (QED) is 0.668. The van der Waals surface area contributed by atoms with Crippen LogP contribution < -0.4 is 5.32 Å². The maximum atomic E-state index is 13.7. The molecule has 5 nitrogen and oxygen atoms in total. The minimum atomic E-state index is -4.48. The van der Waals surface area contributed by atoms with Crippen molar-refractivity contribution in [3.8, 4) is 22.4 Å². The molecule has 3 aromatic rings. The number of halogens is 3. The first kappa shape index (κ1) is 20.6. The molecule has 8 heteroatoms. The SMILES string of the molecule is Cn1nncc1-c1cc(C(F)(F)F)cc(COC2CCCNC2)c1-c1ccccc1. The van der Waals surface area contributed by atoms with Crippen molar-refractivity contribution in [2.75, 3.05) is 13.1 Å². The van der Waals surface area contributed by atoms with Crippen molar-refractivity contribution in [3.05, 3.63) is 59.8 Å². The monoisotopic (exact) mass is 416 g/mol. The molecule has 0 radical (unpaired) electrons. The van der Waals surface area contributed by atoms with Crippen molar-refractivity contribution >= 4 is 0 Å². The van der Waals surface area contributed by atoms with Gasteiger partial charge in [0.25, 0.3) is 0 Å². The molecule has 1 fully saturated rings. The summed E-state index contributed by atoms with van der Waals surface area (Å²) in [6.45, 7) is 1.74. The molecule has 0 saturated carbocycles. The lowest BCUT2D eigenvalue weighted by Crippen LogP contribution is -2.35. The highest BCUT2D eigenvalue weighted by Gasteiger charge is 2.33. The van der Waals surface area contributed by atoms with Crippen LogP contribution in [0.5, 0.6) is 0 Å². The van der Waals surface area contributed by atoms with Crippen LogP contribution >= 0.6 is 0 Å². The van der Waals surface area contributed by atoms with E-state index in [0.29, 0.717) is 28.9 Å². The Kier molecular flexibility index (Phi) is 5.87. The number of alkyl halides is 3. The van der Waals surface area contributed by atoms with Crippen LogP contribution in [0.4, 0.5) is 13.2 Å². The predicted octanol–water partition coefficient (Wildman–Crippen LogP) is 4.44. The summed E-state index contributed by atoms with van der Waals surface area (Å²) >= 11 is 0. The first-order chi connectivity index (χ1) is 14.4. The molecule has 0 amide bonds. The lowest BCUT2D eigenvalue weighted by Gasteiger charge is -2.25. The molecule has 0 bridgehead atoms. The Bertz CT molecular complexity index is 995. The Morgan fingerprint density at radius 1 is 1.20 bits per heavy atom. The molecule has 2 heterocycles. The zero-order valence-electron chi connectivity index (χ0n) is 16.6. The van der Waals surface area contributed by atoms with E-state index in [4.69, 9.17) is 4.74 Å². The first-order valence-electron chi connectivity index (χ1n) is 9.90. The van der Waals surface area contributed by atoms with Gasteiger partial charge in [0.05, 0.1) is 30.2 Å². The van der Waals surface area contributed by atoms with E-state index in [1.165, 1.54) is 23.0 Å². The number of aromatic nitrogens is 3. The third kappa shape index (κ3) is 4.39. The van der Waals surface area contributed by atoms with E-state index in [9.17, 15) is 13.2 Å². The largest absolute Gasteiger partial charge is 0.416 e. The molecule has 1 unspecified atom stereocenters. The summed E-state index contributed by atoms with van der Waals surface area (Å²) in [5.41, 5.74) is 2.27. The van der Waals surface area contributed by atoms with Gasteiger partial charge < -0.3 is 10.1 Å². The number of benzene rings is 2. The minimum Gasteiger partial charge on any atom is -0.372 e. The second kappa shape index (κ2) is 8.57. The predicted molar refractivity (Wildman–Crippen MR) is 108 cm³/mol. The summed E-state index contributed by atoms with van der Waals surface area (Å²) in [5.74, 6) is 0. The molecule has 4 rings (SSSR count). The Labute approximate surface area is 172 Å². The van der Waals surface area contributed by atoms with E-state index >= 15 is 0 Å². The number of hydrogen-bond donors (Lipinski definition) is 1. The Hall–Kier alpha value is -2.71. The maximum absolute atomic E-state index is 13.7. The summed E-state index contributed by atoms with van der Waals surface area (Å²) in [4.78, 5) is 0. The van der Waals surface area contributed by atoms with E-state index in [1.807, 2.05) is 30.3 Å². The molecule has 158 valence electrons. The van der Waals surface area contributed by atoms with E-state index in [0.717, 1.165) is 24.9 Å². The summed E-state index contributed by atoms with van der Waals surface area (Å²) in [6, 6.07) is 11.8. The van der Waals surface area contributed by atoms with Crippen LogP contribution in [-0.2, 0) is 24.6 Å². The van der Waals surface area contributed by atoms with Crippen LogP contribution in [0.15, 0.2) is 48.7 Å². The third-order valence-corrected chi connectivity index (χ3v) is 5.33. The lowest BCUT2D eigenvalue weighted by atomic mass is 9.90. The molecule has 1 saturated heterocycles. The van der Waals surface area contributed by atoms with E-state index in [1.54, 1.807) is 7.05 Å². The molecule has 1 N–H and O–H groups in total. The molecular formula is C22H23F3N4O. The summed E-state index contributed by atoms with van der Waals surface area (Å²) in [5, 5.41) is 11.1. The van der Waals surface area contributed by atoms with Gasteiger partial charge in [-0.1, -0.05) is 35.5 Å². The van der Waals surface area contributed by atoms with Gasteiger partial charge in [0.2, 0.25) is 0 Å². The molecule has 0 aliphatic carbocycles. The fourth-order valence-corrected chi connectivity index (χ4v) is 3.83. The Balaban J connectivity index is 1.85. The maximum Gasteiger partial charge on any atom is 0.416 e. The van der Waals surface area contributed by atoms with Crippen molar-refractivity contribution < 1.29 is 17.9 Å². The number of nitrogens with one attached hydrogen (secondary N) is 1. The van der Waals surface area contributed by atoms with Crippen molar-refractivity contribution in [2.24, 2.45) is 7.05 Å². The topological polar surface area (TPSA) is 52.0 Å². The minimum absolute atomic E-state index is 0.0151. The molecule has 1 aliphatic rings. The van der Waals surface area contributed by atoms with Gasteiger partial charge in [-0.3, -0.25) is 0 Å². The summed E-state index contributed by atoms with van der Waals surface area (Å²) in [7, 11) is 1.67. The van der Waals surface area contributed by atoms with Crippen LogP contribution in [0, 0.1) is 0 Å². The zero-order valence-corrected chi connectivity index (χ0v) is 16.6. The molecule has 2 aromatic carbocycles. The van der Waals surface area contributed by atoms with Gasteiger partial charge in [-0.2, -0.15) is 13.2 Å². The first-order valence-corrected chi connectivity index (χ1v) is 9.90. The Morgan fingerprint density at radius 3 is 2.63 bits per heavy atom. The lowest BCUT2D eigenvalue weighted by molar-refractivity contribution is -0.137. The van der Waals surface area contributed by atoms with E-state index in [2.05, 4.69) is 15.6 Å².